The zero-order chi connectivity index (χ0) is 16.7. The fourth-order valence-corrected chi connectivity index (χ4v) is 2.27. The lowest BCUT2D eigenvalue weighted by atomic mass is 10.2. The minimum Gasteiger partial charge on any atom is -0.493 e. The Labute approximate surface area is 150 Å². The minimum atomic E-state index is -0.358. The molecule has 2 aromatic rings. The van der Waals surface area contributed by atoms with Gasteiger partial charge in [-0.25, -0.2) is 5.43 Å². The molecule has 0 saturated carbocycles. The third-order valence-corrected chi connectivity index (χ3v) is 3.78. The maximum Gasteiger partial charge on any atom is 0.277 e. The summed E-state index contributed by atoms with van der Waals surface area (Å²) in [5.74, 6) is 0.677. The van der Waals surface area contributed by atoms with Crippen LogP contribution in [0.4, 0.5) is 0 Å². The number of methoxy groups -OCH3 is 1. The summed E-state index contributed by atoms with van der Waals surface area (Å²) < 4.78 is 12.5. The molecular weight excluding hydrogens is 428 g/mol. The van der Waals surface area contributed by atoms with E-state index in [1.54, 1.807) is 24.4 Å². The molecule has 7 heteroatoms. The van der Waals surface area contributed by atoms with Crippen molar-refractivity contribution >= 4 is 44.0 Å². The van der Waals surface area contributed by atoms with E-state index in [0.717, 1.165) is 14.5 Å². The maximum absolute atomic E-state index is 11.7. The number of hydrogen-bond acceptors (Lipinski definition) is 4. The number of benzene rings is 2. The van der Waals surface area contributed by atoms with Gasteiger partial charge in [0.1, 0.15) is 0 Å². The number of nitrogens with one attached hydrogen (secondary N) is 1. The van der Waals surface area contributed by atoms with E-state index in [9.17, 15) is 4.79 Å². The summed E-state index contributed by atoms with van der Waals surface area (Å²) in [4.78, 5) is 11.7. The summed E-state index contributed by atoms with van der Waals surface area (Å²) >= 11 is 6.69. The highest BCUT2D eigenvalue weighted by Crippen LogP contribution is 2.29. The highest BCUT2D eigenvalue weighted by atomic mass is 79.9. The Bertz CT molecular complexity index is 703. The highest BCUT2D eigenvalue weighted by Gasteiger charge is 2.07. The normalized spacial score (nSPS) is 10.6. The third-order valence-electron chi connectivity index (χ3n) is 2.76. The van der Waals surface area contributed by atoms with Gasteiger partial charge in [-0.05, 0) is 35.9 Å². The van der Waals surface area contributed by atoms with Gasteiger partial charge < -0.3 is 9.47 Å². The summed E-state index contributed by atoms with van der Waals surface area (Å²) in [6, 6.07) is 12.8. The van der Waals surface area contributed by atoms with E-state index in [2.05, 4.69) is 42.4 Å². The number of ether oxygens (including phenoxy) is 2. The van der Waals surface area contributed by atoms with Crippen LogP contribution < -0.4 is 14.9 Å². The molecule has 5 nitrogen and oxygen atoms in total. The molecule has 120 valence electrons. The Balaban J connectivity index is 1.84. The van der Waals surface area contributed by atoms with Crippen LogP contribution in [0.1, 0.15) is 5.56 Å². The lowest BCUT2D eigenvalue weighted by Gasteiger charge is -2.10. The van der Waals surface area contributed by atoms with Crippen molar-refractivity contribution in [1.29, 1.82) is 0 Å². The van der Waals surface area contributed by atoms with Gasteiger partial charge in [0.05, 0.1) is 13.3 Å². The molecule has 0 unspecified atom stereocenters. The van der Waals surface area contributed by atoms with Crippen molar-refractivity contribution in [2.75, 3.05) is 13.7 Å². The van der Waals surface area contributed by atoms with Gasteiger partial charge in [0.2, 0.25) is 0 Å². The number of carbonyl (C=O) groups is 1. The molecule has 0 fully saturated rings. The van der Waals surface area contributed by atoms with Crippen LogP contribution >= 0.6 is 31.9 Å². The van der Waals surface area contributed by atoms with Crippen molar-refractivity contribution in [3.05, 3.63) is 57.0 Å². The van der Waals surface area contributed by atoms with Gasteiger partial charge in [-0.3, -0.25) is 4.79 Å². The Morgan fingerprint density at radius 3 is 2.52 bits per heavy atom. The monoisotopic (exact) mass is 440 g/mol. The van der Waals surface area contributed by atoms with Crippen molar-refractivity contribution in [3.8, 4) is 11.5 Å². The van der Waals surface area contributed by atoms with Crippen molar-refractivity contribution in [2.45, 2.75) is 0 Å². The topological polar surface area (TPSA) is 59.9 Å². The Morgan fingerprint density at radius 2 is 1.83 bits per heavy atom. The second-order valence-corrected chi connectivity index (χ2v) is 6.26. The predicted molar refractivity (Wildman–Crippen MR) is 96.1 cm³/mol. The summed E-state index contributed by atoms with van der Waals surface area (Å²) in [6.07, 6.45) is 1.56. The molecule has 1 amide bonds. The first-order valence-corrected chi connectivity index (χ1v) is 8.21. The minimum absolute atomic E-state index is 0.157. The maximum atomic E-state index is 11.7. The molecule has 2 rings (SSSR count). The predicted octanol–water partition coefficient (Wildman–Crippen LogP) is 3.75. The van der Waals surface area contributed by atoms with E-state index in [0.29, 0.717) is 11.5 Å². The van der Waals surface area contributed by atoms with Gasteiger partial charge in [0.25, 0.3) is 5.91 Å². The standard InChI is InChI=1S/C16H14Br2N2O3/c1-22-15-8-13(18)6-7-14(15)23-10-16(21)20-19-9-11-2-4-12(17)5-3-11/h2-9H,10H2,1H3,(H,20,21)/b19-9-. The van der Waals surface area contributed by atoms with Crippen LogP contribution in [0, 0.1) is 0 Å². The van der Waals surface area contributed by atoms with Gasteiger partial charge in [0, 0.05) is 8.95 Å². The summed E-state index contributed by atoms with van der Waals surface area (Å²) in [7, 11) is 1.54. The number of halogens is 2. The van der Waals surface area contributed by atoms with E-state index < -0.39 is 0 Å². The fourth-order valence-electron chi connectivity index (χ4n) is 1.66. The largest absolute Gasteiger partial charge is 0.493 e. The molecule has 23 heavy (non-hydrogen) atoms. The highest BCUT2D eigenvalue weighted by molar-refractivity contribution is 9.10. The van der Waals surface area contributed by atoms with Crippen LogP contribution in [0.15, 0.2) is 56.5 Å². The van der Waals surface area contributed by atoms with Crippen molar-refractivity contribution < 1.29 is 14.3 Å². The molecule has 0 bridgehead atoms. The van der Waals surface area contributed by atoms with Crippen molar-refractivity contribution in [1.82, 2.24) is 5.43 Å². The van der Waals surface area contributed by atoms with Crippen molar-refractivity contribution in [3.63, 3.8) is 0 Å². The summed E-state index contributed by atoms with van der Waals surface area (Å²) in [6.45, 7) is -0.157. The number of rotatable bonds is 6. The Morgan fingerprint density at radius 1 is 1.13 bits per heavy atom. The molecule has 0 spiro atoms. The zero-order valence-corrected chi connectivity index (χ0v) is 15.4. The van der Waals surface area contributed by atoms with Crippen LogP contribution in [-0.4, -0.2) is 25.8 Å². The molecule has 0 aliphatic carbocycles. The number of carbonyl (C=O) groups excluding carboxylic acids is 1. The summed E-state index contributed by atoms with van der Waals surface area (Å²) in [5.41, 5.74) is 3.29. The zero-order valence-electron chi connectivity index (χ0n) is 12.3. The SMILES string of the molecule is COc1cc(Br)ccc1OCC(=O)N/N=C\c1ccc(Br)cc1. The van der Waals surface area contributed by atoms with E-state index in [1.807, 2.05) is 24.3 Å². The summed E-state index contributed by atoms with van der Waals surface area (Å²) in [5, 5.41) is 3.88. The first-order chi connectivity index (χ1) is 11.1. The lowest BCUT2D eigenvalue weighted by Crippen LogP contribution is -2.24. The molecule has 0 radical (unpaired) electrons. The molecule has 0 atom stereocenters. The van der Waals surface area contributed by atoms with Gasteiger partial charge in [-0.15, -0.1) is 0 Å². The lowest BCUT2D eigenvalue weighted by molar-refractivity contribution is -0.123. The number of hydrazone groups is 1. The van der Waals surface area contributed by atoms with E-state index in [1.165, 1.54) is 7.11 Å². The average Bonchev–Trinajstić information content (AvgIpc) is 2.55. The van der Waals surface area contributed by atoms with Crippen LogP contribution in [-0.2, 0) is 4.79 Å². The second-order valence-electron chi connectivity index (χ2n) is 4.43. The van der Waals surface area contributed by atoms with Gasteiger partial charge in [0.15, 0.2) is 18.1 Å². The molecule has 0 aromatic heterocycles. The van der Waals surface area contributed by atoms with Gasteiger partial charge in [-0.1, -0.05) is 44.0 Å². The Hall–Kier alpha value is -1.86. The fraction of sp³-hybridized carbons (Fsp3) is 0.125. The molecule has 2 aromatic carbocycles. The molecule has 0 heterocycles. The molecule has 1 N–H and O–H groups in total. The van der Waals surface area contributed by atoms with E-state index in [-0.39, 0.29) is 12.5 Å². The van der Waals surface area contributed by atoms with Crippen LogP contribution in [0.3, 0.4) is 0 Å². The average molecular weight is 442 g/mol. The van der Waals surface area contributed by atoms with Crippen molar-refractivity contribution in [2.24, 2.45) is 5.10 Å². The van der Waals surface area contributed by atoms with E-state index >= 15 is 0 Å². The first kappa shape index (κ1) is 17.5. The van der Waals surface area contributed by atoms with Gasteiger partial charge >= 0.3 is 0 Å². The third kappa shape index (κ3) is 5.69. The quantitative estimate of drug-likeness (QED) is 0.548. The Kier molecular flexibility index (Phi) is 6.61. The van der Waals surface area contributed by atoms with Gasteiger partial charge in [-0.2, -0.15) is 5.10 Å². The second kappa shape index (κ2) is 8.69. The molecule has 0 aliphatic heterocycles. The van der Waals surface area contributed by atoms with Crippen LogP contribution in [0.25, 0.3) is 0 Å². The van der Waals surface area contributed by atoms with E-state index in [4.69, 9.17) is 9.47 Å². The van der Waals surface area contributed by atoms with Crippen LogP contribution in [0.5, 0.6) is 11.5 Å². The number of nitrogens with zero attached hydrogens (tertiary/aromatic N) is 1. The molecule has 0 saturated heterocycles. The smallest absolute Gasteiger partial charge is 0.277 e. The molecular formula is C16H14Br2N2O3. The number of amides is 1. The number of hydrogen-bond donors (Lipinski definition) is 1. The van der Waals surface area contributed by atoms with Crippen LogP contribution in [0.2, 0.25) is 0 Å². The molecule has 0 aliphatic rings. The first-order valence-electron chi connectivity index (χ1n) is 6.62.